The van der Waals surface area contributed by atoms with Gasteiger partial charge < -0.3 is 10.6 Å². The molecule has 0 fully saturated rings. The van der Waals surface area contributed by atoms with Gasteiger partial charge >= 0.3 is 6.03 Å². The van der Waals surface area contributed by atoms with Crippen LogP contribution in [0.15, 0.2) is 41.6 Å². The van der Waals surface area contributed by atoms with Gasteiger partial charge in [-0.25, -0.2) is 14.5 Å². The first-order valence-electron chi connectivity index (χ1n) is 7.83. The lowest BCUT2D eigenvalue weighted by atomic mass is 10.1. The number of carbonyl (C=O) groups is 1. The van der Waals surface area contributed by atoms with Gasteiger partial charge in [0.15, 0.2) is 0 Å². The second-order valence-electron chi connectivity index (χ2n) is 5.69. The molecule has 122 valence electrons. The van der Waals surface area contributed by atoms with Crippen molar-refractivity contribution in [2.24, 2.45) is 0 Å². The van der Waals surface area contributed by atoms with E-state index in [1.165, 1.54) is 4.90 Å². The second-order valence-corrected chi connectivity index (χ2v) is 7.20. The number of amides is 2. The molecule has 0 aliphatic carbocycles. The Labute approximate surface area is 140 Å². The summed E-state index contributed by atoms with van der Waals surface area (Å²) in [7, 11) is 0. The Hall–Kier alpha value is -2.02. The molecule has 1 aliphatic rings. The van der Waals surface area contributed by atoms with Gasteiger partial charge in [-0.15, -0.1) is 11.8 Å². The third-order valence-corrected chi connectivity index (χ3v) is 4.88. The molecule has 3 rings (SSSR count). The Morgan fingerprint density at radius 3 is 3.09 bits per heavy atom. The third kappa shape index (κ3) is 4.48. The van der Waals surface area contributed by atoms with E-state index in [0.717, 1.165) is 18.7 Å². The molecule has 6 nitrogen and oxygen atoms in total. The normalized spacial score (nSPS) is 18.0. The van der Waals surface area contributed by atoms with Crippen LogP contribution in [0.1, 0.15) is 19.2 Å². The number of urea groups is 1. The van der Waals surface area contributed by atoms with Crippen molar-refractivity contribution in [3.05, 3.63) is 42.5 Å². The van der Waals surface area contributed by atoms with E-state index < -0.39 is 0 Å². The van der Waals surface area contributed by atoms with Crippen molar-refractivity contribution in [1.82, 2.24) is 25.4 Å². The van der Waals surface area contributed by atoms with Gasteiger partial charge in [0.05, 0.1) is 12.6 Å². The van der Waals surface area contributed by atoms with Crippen LogP contribution in [0.4, 0.5) is 4.79 Å². The molecule has 0 saturated carbocycles. The number of aromatic nitrogens is 3. The zero-order valence-electron chi connectivity index (χ0n) is 13.1. The Morgan fingerprint density at radius 2 is 2.26 bits per heavy atom. The highest BCUT2D eigenvalue weighted by atomic mass is 32.2. The first-order chi connectivity index (χ1) is 11.2. The van der Waals surface area contributed by atoms with Gasteiger partial charge in [0.2, 0.25) is 0 Å². The van der Waals surface area contributed by atoms with Gasteiger partial charge in [-0.2, -0.15) is 5.10 Å². The molecular formula is C16H21N5OS. The number of nitrogens with zero attached hydrogens (tertiary/aromatic N) is 3. The fourth-order valence-electron chi connectivity index (χ4n) is 2.60. The number of aryl methyl sites for hydroxylation is 1. The number of hydrogen-bond donors (Lipinski definition) is 2. The lowest BCUT2D eigenvalue weighted by Crippen LogP contribution is -2.47. The van der Waals surface area contributed by atoms with Crippen molar-refractivity contribution in [1.29, 1.82) is 0 Å². The maximum Gasteiger partial charge on any atom is 0.315 e. The smallest absolute Gasteiger partial charge is 0.315 e. The van der Waals surface area contributed by atoms with E-state index in [1.807, 2.05) is 22.9 Å². The number of thioether (sulfide) groups is 1. The highest BCUT2D eigenvalue weighted by Gasteiger charge is 2.21. The van der Waals surface area contributed by atoms with Crippen molar-refractivity contribution in [3.63, 3.8) is 0 Å². The highest BCUT2D eigenvalue weighted by molar-refractivity contribution is 8.00. The van der Waals surface area contributed by atoms with E-state index in [-0.39, 0.29) is 12.1 Å². The van der Waals surface area contributed by atoms with Crippen molar-refractivity contribution >= 4 is 17.8 Å². The third-order valence-electron chi connectivity index (χ3n) is 3.77. The largest absolute Gasteiger partial charge is 0.337 e. The number of carbonyl (C=O) groups excluding carboxylic acids is 1. The number of hydrogen-bond acceptors (Lipinski definition) is 4. The topological polar surface area (TPSA) is 71.8 Å². The zero-order chi connectivity index (χ0) is 16.1. The number of nitrogens with one attached hydrogen (secondary N) is 2. The van der Waals surface area contributed by atoms with Crippen LogP contribution in [0.25, 0.3) is 0 Å². The van der Waals surface area contributed by atoms with E-state index in [0.29, 0.717) is 18.3 Å². The van der Waals surface area contributed by atoms with Gasteiger partial charge in [-0.05, 0) is 18.6 Å². The van der Waals surface area contributed by atoms with Gasteiger partial charge in [0.25, 0.3) is 0 Å². The molecule has 0 radical (unpaired) electrons. The lowest BCUT2D eigenvalue weighted by molar-refractivity contribution is 0.232. The molecule has 2 heterocycles. The van der Waals surface area contributed by atoms with Crippen molar-refractivity contribution in [2.45, 2.75) is 42.5 Å². The predicted octanol–water partition coefficient (Wildman–Crippen LogP) is 2.07. The standard InChI is InChI=1S/C16H21N5OS/c1-12(23-14-5-3-2-4-6-14)9-17-16(22)20-13-7-8-15-18-11-19-21(15)10-13/h2-6,11-13H,7-10H2,1H3,(H2,17,20,22)/t12-,13-/m1/s1. The maximum absolute atomic E-state index is 12.0. The van der Waals surface area contributed by atoms with E-state index in [4.69, 9.17) is 0 Å². The van der Waals surface area contributed by atoms with E-state index in [1.54, 1.807) is 18.1 Å². The van der Waals surface area contributed by atoms with Crippen LogP contribution < -0.4 is 10.6 Å². The summed E-state index contributed by atoms with van der Waals surface area (Å²) in [5.41, 5.74) is 0. The van der Waals surface area contributed by atoms with Crippen LogP contribution in [-0.4, -0.2) is 38.6 Å². The molecule has 2 amide bonds. The molecule has 0 spiro atoms. The molecule has 7 heteroatoms. The molecule has 1 aromatic carbocycles. The van der Waals surface area contributed by atoms with E-state index >= 15 is 0 Å². The summed E-state index contributed by atoms with van der Waals surface area (Å²) in [5, 5.41) is 10.5. The monoisotopic (exact) mass is 331 g/mol. The van der Waals surface area contributed by atoms with E-state index in [9.17, 15) is 4.79 Å². The van der Waals surface area contributed by atoms with Crippen LogP contribution in [0, 0.1) is 0 Å². The summed E-state index contributed by atoms with van der Waals surface area (Å²) in [6.45, 7) is 3.43. The summed E-state index contributed by atoms with van der Waals surface area (Å²) in [6.07, 6.45) is 3.33. The van der Waals surface area contributed by atoms with Crippen LogP contribution in [-0.2, 0) is 13.0 Å². The molecule has 0 bridgehead atoms. The minimum Gasteiger partial charge on any atom is -0.337 e. The van der Waals surface area contributed by atoms with Gasteiger partial charge in [0.1, 0.15) is 12.2 Å². The summed E-state index contributed by atoms with van der Waals surface area (Å²) < 4.78 is 1.86. The average Bonchev–Trinajstić information content (AvgIpc) is 3.01. The summed E-state index contributed by atoms with van der Waals surface area (Å²) in [5.74, 6) is 0.997. The maximum atomic E-state index is 12.0. The van der Waals surface area contributed by atoms with E-state index in [2.05, 4.69) is 39.8 Å². The Kier molecular flexibility index (Phi) is 5.17. The molecule has 23 heavy (non-hydrogen) atoms. The number of rotatable bonds is 5. The van der Waals surface area contributed by atoms with Crippen molar-refractivity contribution in [3.8, 4) is 0 Å². The fraction of sp³-hybridized carbons (Fsp3) is 0.438. The first-order valence-corrected chi connectivity index (χ1v) is 8.71. The SMILES string of the molecule is C[C@H](CNC(=O)N[C@@H]1CCc2ncnn2C1)Sc1ccccc1. The Morgan fingerprint density at radius 1 is 1.43 bits per heavy atom. The van der Waals surface area contributed by atoms with Crippen LogP contribution >= 0.6 is 11.8 Å². The summed E-state index contributed by atoms with van der Waals surface area (Å²) in [6, 6.07) is 10.2. The van der Waals surface area contributed by atoms with Crippen molar-refractivity contribution < 1.29 is 4.79 Å². The van der Waals surface area contributed by atoms with Gasteiger partial charge in [-0.3, -0.25) is 0 Å². The van der Waals surface area contributed by atoms with Crippen LogP contribution in [0.2, 0.25) is 0 Å². The Balaban J connectivity index is 1.40. The number of benzene rings is 1. The number of fused-ring (bicyclic) bond motifs is 1. The highest BCUT2D eigenvalue weighted by Crippen LogP contribution is 2.21. The Bertz CT molecular complexity index is 645. The minimum absolute atomic E-state index is 0.112. The lowest BCUT2D eigenvalue weighted by Gasteiger charge is -2.24. The van der Waals surface area contributed by atoms with Crippen molar-refractivity contribution in [2.75, 3.05) is 6.54 Å². The molecule has 0 saturated heterocycles. The quantitative estimate of drug-likeness (QED) is 0.823. The van der Waals surface area contributed by atoms with Crippen LogP contribution in [0.5, 0.6) is 0 Å². The minimum atomic E-state index is -0.112. The second kappa shape index (κ2) is 7.50. The molecule has 1 aliphatic heterocycles. The molecule has 1 aromatic heterocycles. The molecule has 0 unspecified atom stereocenters. The first kappa shape index (κ1) is 15.9. The molecule has 2 N–H and O–H groups in total. The van der Waals surface area contributed by atoms with Gasteiger partial charge in [-0.1, -0.05) is 25.1 Å². The molecule has 2 aromatic rings. The average molecular weight is 331 g/mol. The molecular weight excluding hydrogens is 310 g/mol. The summed E-state index contributed by atoms with van der Waals surface area (Å²) >= 11 is 1.76. The van der Waals surface area contributed by atoms with Crippen LogP contribution in [0.3, 0.4) is 0 Å². The molecule has 2 atom stereocenters. The predicted molar refractivity (Wildman–Crippen MR) is 90.4 cm³/mol. The zero-order valence-corrected chi connectivity index (χ0v) is 13.9. The fourth-order valence-corrected chi connectivity index (χ4v) is 3.55. The van der Waals surface area contributed by atoms with Gasteiger partial charge in [0, 0.05) is 23.1 Å². The summed E-state index contributed by atoms with van der Waals surface area (Å²) in [4.78, 5) is 17.4.